The van der Waals surface area contributed by atoms with Crippen LogP contribution < -0.4 is 5.32 Å². The van der Waals surface area contributed by atoms with Gasteiger partial charge in [-0.3, -0.25) is 9.69 Å². The summed E-state index contributed by atoms with van der Waals surface area (Å²) in [5, 5.41) is 2.81. The summed E-state index contributed by atoms with van der Waals surface area (Å²) in [6, 6.07) is 3.48. The maximum atomic E-state index is 12.6. The Kier molecular flexibility index (Phi) is 6.87. The molecule has 0 atom stereocenters. The highest BCUT2D eigenvalue weighted by Gasteiger charge is 2.32. The molecule has 152 valence electrons. The molecule has 1 aromatic rings. The van der Waals surface area contributed by atoms with Gasteiger partial charge >= 0.3 is 6.18 Å². The van der Waals surface area contributed by atoms with Crippen LogP contribution in [-0.2, 0) is 21.0 Å². The van der Waals surface area contributed by atoms with Crippen molar-refractivity contribution in [2.45, 2.75) is 24.9 Å². The van der Waals surface area contributed by atoms with Crippen molar-refractivity contribution in [3.8, 4) is 0 Å². The van der Waals surface area contributed by atoms with Gasteiger partial charge in [-0.25, -0.2) is 8.42 Å². The van der Waals surface area contributed by atoms with Crippen LogP contribution >= 0.6 is 0 Å². The molecular formula is C17H24F3N3O3S. The van der Waals surface area contributed by atoms with E-state index in [4.69, 9.17) is 0 Å². The van der Waals surface area contributed by atoms with E-state index in [-0.39, 0.29) is 30.4 Å². The van der Waals surface area contributed by atoms with E-state index in [0.717, 1.165) is 24.3 Å². The third-order valence-electron chi connectivity index (χ3n) is 4.23. The number of nitrogens with one attached hydrogen (secondary N) is 1. The summed E-state index contributed by atoms with van der Waals surface area (Å²) in [6.45, 7) is 5.89. The van der Waals surface area contributed by atoms with Gasteiger partial charge in [0.05, 0.1) is 17.0 Å². The normalized spacial score (nSPS) is 17.3. The predicted molar refractivity (Wildman–Crippen MR) is 94.5 cm³/mol. The van der Waals surface area contributed by atoms with Crippen molar-refractivity contribution in [1.82, 2.24) is 14.5 Å². The van der Waals surface area contributed by atoms with E-state index in [9.17, 15) is 26.4 Å². The molecule has 0 spiro atoms. The van der Waals surface area contributed by atoms with Gasteiger partial charge in [0.25, 0.3) is 0 Å². The molecule has 0 aromatic heterocycles. The molecule has 27 heavy (non-hydrogen) atoms. The Balaban J connectivity index is 1.93. The summed E-state index contributed by atoms with van der Waals surface area (Å²) in [6.07, 6.45) is -4.51. The molecule has 1 heterocycles. The van der Waals surface area contributed by atoms with Crippen LogP contribution in [0.2, 0.25) is 0 Å². The highest BCUT2D eigenvalue weighted by molar-refractivity contribution is 7.89. The number of benzene rings is 1. The molecule has 1 amide bonds. The molecule has 1 fully saturated rings. The molecule has 1 aliphatic heterocycles. The average Bonchev–Trinajstić information content (AvgIpc) is 2.60. The zero-order chi connectivity index (χ0) is 20.2. The molecule has 0 radical (unpaired) electrons. The number of hydrogen-bond acceptors (Lipinski definition) is 4. The minimum absolute atomic E-state index is 0.109. The maximum Gasteiger partial charge on any atom is 0.416 e. The highest BCUT2D eigenvalue weighted by atomic mass is 32.2. The Morgan fingerprint density at radius 3 is 2.15 bits per heavy atom. The van der Waals surface area contributed by atoms with E-state index >= 15 is 0 Å². The van der Waals surface area contributed by atoms with E-state index < -0.39 is 21.8 Å². The smallest absolute Gasteiger partial charge is 0.355 e. The molecule has 0 bridgehead atoms. The summed E-state index contributed by atoms with van der Waals surface area (Å²) in [5.74, 6) is 0.238. The van der Waals surface area contributed by atoms with Crippen molar-refractivity contribution >= 4 is 15.9 Å². The van der Waals surface area contributed by atoms with Gasteiger partial charge in [0.2, 0.25) is 15.9 Å². The molecule has 1 aromatic carbocycles. The maximum absolute atomic E-state index is 12.6. The Morgan fingerprint density at radius 2 is 1.67 bits per heavy atom. The Hall–Kier alpha value is -1.65. The van der Waals surface area contributed by atoms with Crippen LogP contribution in [0.25, 0.3) is 0 Å². The number of rotatable bonds is 6. The minimum Gasteiger partial charge on any atom is -0.355 e. The van der Waals surface area contributed by atoms with Crippen LogP contribution in [0.5, 0.6) is 0 Å². The standard InChI is InChI=1S/C17H24F3N3O3S/c1-13(2)11-21-16(24)12-22-7-9-23(10-8-22)27(25,26)15-5-3-14(4-6-15)17(18,19)20/h3-6,13H,7-12H2,1-2H3,(H,21,24). The van der Waals surface area contributed by atoms with Crippen LogP contribution in [0.4, 0.5) is 13.2 Å². The molecule has 2 rings (SSSR count). The first-order valence-corrected chi connectivity index (χ1v) is 10.1. The van der Waals surface area contributed by atoms with Crippen molar-refractivity contribution in [2.75, 3.05) is 39.3 Å². The predicted octanol–water partition coefficient (Wildman–Crippen LogP) is 1.78. The van der Waals surface area contributed by atoms with Gasteiger partial charge in [-0.2, -0.15) is 17.5 Å². The summed E-state index contributed by atoms with van der Waals surface area (Å²) < 4.78 is 64.3. The van der Waals surface area contributed by atoms with Gasteiger partial charge in [0.1, 0.15) is 0 Å². The van der Waals surface area contributed by atoms with Gasteiger partial charge in [-0.1, -0.05) is 13.8 Å². The molecule has 0 unspecified atom stereocenters. The number of carbonyl (C=O) groups excluding carboxylic acids is 1. The fraction of sp³-hybridized carbons (Fsp3) is 0.588. The van der Waals surface area contributed by atoms with Gasteiger partial charge in [0, 0.05) is 32.7 Å². The van der Waals surface area contributed by atoms with Crippen molar-refractivity contribution in [2.24, 2.45) is 5.92 Å². The lowest BCUT2D eigenvalue weighted by Crippen LogP contribution is -2.51. The molecule has 6 nitrogen and oxygen atoms in total. The summed E-state index contributed by atoms with van der Waals surface area (Å²) in [4.78, 5) is 13.5. The molecule has 0 saturated carbocycles. The lowest BCUT2D eigenvalue weighted by molar-refractivity contribution is -0.137. The van der Waals surface area contributed by atoms with E-state index in [0.29, 0.717) is 25.6 Å². The van der Waals surface area contributed by atoms with E-state index in [1.165, 1.54) is 4.31 Å². The lowest BCUT2D eigenvalue weighted by atomic mass is 10.2. The van der Waals surface area contributed by atoms with Crippen molar-refractivity contribution in [1.29, 1.82) is 0 Å². The highest BCUT2D eigenvalue weighted by Crippen LogP contribution is 2.30. The average molecular weight is 407 g/mol. The number of alkyl halides is 3. The largest absolute Gasteiger partial charge is 0.416 e. The van der Waals surface area contributed by atoms with Crippen LogP contribution in [0, 0.1) is 5.92 Å². The topological polar surface area (TPSA) is 69.7 Å². The molecular weight excluding hydrogens is 383 g/mol. The van der Waals surface area contributed by atoms with Crippen LogP contribution in [0.3, 0.4) is 0 Å². The summed E-state index contributed by atoms with van der Waals surface area (Å²) in [5.41, 5.74) is -0.890. The second-order valence-corrected chi connectivity index (χ2v) is 8.84. The number of nitrogens with zero attached hydrogens (tertiary/aromatic N) is 2. The Bertz CT molecular complexity index is 741. The number of carbonyl (C=O) groups is 1. The third kappa shape index (κ3) is 5.91. The quantitative estimate of drug-likeness (QED) is 0.781. The van der Waals surface area contributed by atoms with E-state index in [1.807, 2.05) is 18.7 Å². The fourth-order valence-electron chi connectivity index (χ4n) is 2.67. The van der Waals surface area contributed by atoms with Gasteiger partial charge < -0.3 is 5.32 Å². The molecule has 0 aliphatic carbocycles. The minimum atomic E-state index is -4.51. The van der Waals surface area contributed by atoms with Gasteiger partial charge in [-0.05, 0) is 30.2 Å². The zero-order valence-corrected chi connectivity index (χ0v) is 16.1. The van der Waals surface area contributed by atoms with Crippen LogP contribution in [-0.4, -0.2) is 62.8 Å². The van der Waals surface area contributed by atoms with Crippen molar-refractivity contribution in [3.63, 3.8) is 0 Å². The van der Waals surface area contributed by atoms with Crippen LogP contribution in [0.15, 0.2) is 29.2 Å². The van der Waals surface area contributed by atoms with Crippen molar-refractivity contribution in [3.05, 3.63) is 29.8 Å². The third-order valence-corrected chi connectivity index (χ3v) is 6.14. The second kappa shape index (κ2) is 8.57. The molecule has 1 N–H and O–H groups in total. The van der Waals surface area contributed by atoms with E-state index in [2.05, 4.69) is 5.32 Å². The SMILES string of the molecule is CC(C)CNC(=O)CN1CCN(S(=O)(=O)c2ccc(C(F)(F)F)cc2)CC1. The first kappa shape index (κ1) is 21.6. The molecule has 10 heteroatoms. The number of piperazine rings is 1. The lowest BCUT2D eigenvalue weighted by Gasteiger charge is -2.33. The second-order valence-electron chi connectivity index (χ2n) is 6.90. The zero-order valence-electron chi connectivity index (χ0n) is 15.3. The molecule has 1 aliphatic rings. The number of halogens is 3. The summed E-state index contributed by atoms with van der Waals surface area (Å²) >= 11 is 0. The molecule has 1 saturated heterocycles. The number of hydrogen-bond donors (Lipinski definition) is 1. The fourth-order valence-corrected chi connectivity index (χ4v) is 4.09. The van der Waals surface area contributed by atoms with E-state index in [1.54, 1.807) is 0 Å². The first-order chi connectivity index (χ1) is 12.5. The van der Waals surface area contributed by atoms with Gasteiger partial charge in [-0.15, -0.1) is 0 Å². The Morgan fingerprint density at radius 1 is 1.11 bits per heavy atom. The van der Waals surface area contributed by atoms with Gasteiger partial charge in [0.15, 0.2) is 0 Å². The van der Waals surface area contributed by atoms with Crippen molar-refractivity contribution < 1.29 is 26.4 Å². The van der Waals surface area contributed by atoms with Crippen LogP contribution in [0.1, 0.15) is 19.4 Å². The number of amides is 1. The first-order valence-electron chi connectivity index (χ1n) is 8.66. The summed E-state index contributed by atoms with van der Waals surface area (Å²) in [7, 11) is -3.86. The Labute approximate surface area is 157 Å². The monoisotopic (exact) mass is 407 g/mol. The number of sulfonamides is 1.